The third-order valence-electron chi connectivity index (χ3n) is 12.5. The molecule has 1 aromatic heterocycles. The lowest BCUT2D eigenvalue weighted by atomic mass is 9.94. The Hall–Kier alpha value is -6.14. The van der Waals surface area contributed by atoms with E-state index in [-0.39, 0.29) is 66.2 Å². The number of rotatable bonds is 14. The van der Waals surface area contributed by atoms with Gasteiger partial charge in [-0.15, -0.1) is 0 Å². The summed E-state index contributed by atoms with van der Waals surface area (Å²) in [5.74, 6) is 4.73. The fraction of sp³-hybridized carbons (Fsp3) is 0.457. The van der Waals surface area contributed by atoms with Crippen LogP contribution in [0.4, 0.5) is 11.6 Å². The molecule has 5 heterocycles. The smallest absolute Gasteiger partial charge is 0.262 e. The molecule has 1 aliphatic carbocycles. The predicted octanol–water partition coefficient (Wildman–Crippen LogP) is 4.84. The van der Waals surface area contributed by atoms with Crippen molar-refractivity contribution in [1.82, 2.24) is 30.4 Å². The SMILES string of the molecule is C[C@@H]1CC(=O)Nc2ncnc(N3CCN(C(=O)[C@H](CNC(=O)CCCCCCCCC#Cc4ccc5c(c4)C(=O)N(C4CCC(=O)NC4=O)C5=O)c4ccc(Cl)cc4)[C@@H]4C[C@@H]43)c21. The molecule has 3 N–H and O–H groups in total. The molecular formula is C46H49ClN8O7. The number of aromatic nitrogens is 2. The number of carbonyl (C=O) groups is 7. The van der Waals surface area contributed by atoms with Crippen LogP contribution in [0.2, 0.25) is 5.02 Å². The maximum absolute atomic E-state index is 14.2. The third kappa shape index (κ3) is 9.06. The first-order chi connectivity index (χ1) is 30.0. The molecule has 5 aliphatic rings. The second-order valence-electron chi connectivity index (χ2n) is 16.7. The van der Waals surface area contributed by atoms with Crippen molar-refractivity contribution in [1.29, 1.82) is 0 Å². The van der Waals surface area contributed by atoms with Crippen LogP contribution in [-0.4, -0.2) is 98.9 Å². The van der Waals surface area contributed by atoms with E-state index in [1.807, 2.05) is 24.0 Å². The Labute approximate surface area is 364 Å². The van der Waals surface area contributed by atoms with Gasteiger partial charge < -0.3 is 20.4 Å². The molecule has 4 aliphatic heterocycles. The fourth-order valence-electron chi connectivity index (χ4n) is 9.12. The zero-order valence-electron chi connectivity index (χ0n) is 34.6. The molecule has 0 radical (unpaired) electrons. The minimum atomic E-state index is -1.01. The van der Waals surface area contributed by atoms with Crippen LogP contribution >= 0.6 is 11.6 Å². The van der Waals surface area contributed by atoms with Gasteiger partial charge in [-0.1, -0.05) is 68.2 Å². The Kier molecular flexibility index (Phi) is 12.7. The number of fused-ring (bicyclic) bond motifs is 3. The molecule has 1 unspecified atom stereocenters. The van der Waals surface area contributed by atoms with Gasteiger partial charge in [-0.05, 0) is 67.5 Å². The highest BCUT2D eigenvalue weighted by atomic mass is 35.5. The molecule has 322 valence electrons. The van der Waals surface area contributed by atoms with Crippen molar-refractivity contribution in [2.45, 2.75) is 114 Å². The van der Waals surface area contributed by atoms with Crippen molar-refractivity contribution in [2.75, 3.05) is 29.9 Å². The zero-order valence-corrected chi connectivity index (χ0v) is 35.3. The van der Waals surface area contributed by atoms with E-state index in [9.17, 15) is 33.6 Å². The van der Waals surface area contributed by atoms with Gasteiger partial charge in [-0.2, -0.15) is 0 Å². The van der Waals surface area contributed by atoms with E-state index in [1.165, 1.54) is 6.33 Å². The second-order valence-corrected chi connectivity index (χ2v) is 17.2. The number of nitrogens with one attached hydrogen (secondary N) is 3. The molecular weight excluding hydrogens is 812 g/mol. The molecule has 3 aromatic rings. The number of carbonyl (C=O) groups excluding carboxylic acids is 7. The number of nitrogens with zero attached hydrogens (tertiary/aromatic N) is 5. The number of piperazine rings is 1. The molecule has 8 rings (SSSR count). The molecule has 0 bridgehead atoms. The third-order valence-corrected chi connectivity index (χ3v) is 12.7. The number of unbranched alkanes of at least 4 members (excludes halogenated alkanes) is 6. The number of benzene rings is 2. The number of halogens is 1. The lowest BCUT2D eigenvalue weighted by Crippen LogP contribution is -2.54. The van der Waals surface area contributed by atoms with E-state index >= 15 is 0 Å². The van der Waals surface area contributed by atoms with Crippen LogP contribution in [0.5, 0.6) is 0 Å². The van der Waals surface area contributed by atoms with Crippen LogP contribution in [0.25, 0.3) is 0 Å². The molecule has 62 heavy (non-hydrogen) atoms. The van der Waals surface area contributed by atoms with Crippen LogP contribution < -0.4 is 20.9 Å². The van der Waals surface area contributed by atoms with E-state index in [0.29, 0.717) is 48.8 Å². The van der Waals surface area contributed by atoms with Gasteiger partial charge >= 0.3 is 0 Å². The number of hydrogen-bond donors (Lipinski definition) is 3. The largest absolute Gasteiger partial charge is 0.355 e. The predicted molar refractivity (Wildman–Crippen MR) is 229 cm³/mol. The van der Waals surface area contributed by atoms with Gasteiger partial charge in [0.25, 0.3) is 11.8 Å². The molecule has 15 nitrogen and oxygen atoms in total. The first-order valence-electron chi connectivity index (χ1n) is 21.6. The topological polar surface area (TPSA) is 191 Å². The summed E-state index contributed by atoms with van der Waals surface area (Å²) in [6.07, 6.45) is 9.42. The Balaban J connectivity index is 0.754. The highest BCUT2D eigenvalue weighted by Gasteiger charge is 2.53. The standard InChI is InChI=1S/C46H49ClN8O7/c1-27-22-39(58)51-41-40(27)42(50-26-49-41)53-20-21-54(36-24-35(36)53)44(60)33(29-13-15-30(47)16-14-29)25-48-37(56)11-9-7-5-3-2-4-6-8-10-28-12-17-31-32(23-28)46(62)55(45(31)61)34-18-19-38(57)52-43(34)59/h12-17,23,26-27,33-36H,2-7,9,11,18-22,24-25H2,1H3,(H,48,56)(H,52,57,59)(H,49,50,51,58)/t27-,33-,34?,35+,36-/m1/s1. The van der Waals surface area contributed by atoms with Gasteiger partial charge in [-0.3, -0.25) is 43.8 Å². The van der Waals surface area contributed by atoms with Crippen LogP contribution in [0, 0.1) is 11.8 Å². The van der Waals surface area contributed by atoms with E-state index in [2.05, 4.69) is 42.7 Å². The number of piperidine rings is 1. The first kappa shape index (κ1) is 42.5. The van der Waals surface area contributed by atoms with Gasteiger partial charge in [0, 0.05) is 61.5 Å². The highest BCUT2D eigenvalue weighted by Crippen LogP contribution is 2.44. The molecule has 2 aromatic carbocycles. The molecule has 16 heteroatoms. The summed E-state index contributed by atoms with van der Waals surface area (Å²) in [6.45, 7) is 3.32. The maximum Gasteiger partial charge on any atom is 0.262 e. The number of anilines is 2. The van der Waals surface area contributed by atoms with Crippen molar-refractivity contribution in [3.05, 3.63) is 81.6 Å². The molecule has 5 atom stereocenters. The molecule has 1 saturated carbocycles. The van der Waals surface area contributed by atoms with Crippen LogP contribution in [-0.2, 0) is 24.0 Å². The Morgan fingerprint density at radius 3 is 2.44 bits per heavy atom. The monoisotopic (exact) mass is 860 g/mol. The summed E-state index contributed by atoms with van der Waals surface area (Å²) < 4.78 is 0. The van der Waals surface area contributed by atoms with Crippen LogP contribution in [0.1, 0.15) is 133 Å². The fourth-order valence-corrected chi connectivity index (χ4v) is 9.25. The highest BCUT2D eigenvalue weighted by molar-refractivity contribution is 6.30. The summed E-state index contributed by atoms with van der Waals surface area (Å²) in [6, 6.07) is 11.2. The molecule has 0 spiro atoms. The Morgan fingerprint density at radius 1 is 0.887 bits per heavy atom. The Bertz CT molecular complexity index is 2380. The van der Waals surface area contributed by atoms with Crippen LogP contribution in [0.3, 0.4) is 0 Å². The van der Waals surface area contributed by atoms with Crippen molar-refractivity contribution in [2.24, 2.45) is 0 Å². The molecule has 3 fully saturated rings. The maximum atomic E-state index is 14.2. The summed E-state index contributed by atoms with van der Waals surface area (Å²) in [4.78, 5) is 103. The number of imide groups is 2. The van der Waals surface area contributed by atoms with Crippen molar-refractivity contribution < 1.29 is 33.6 Å². The first-order valence-corrected chi connectivity index (χ1v) is 21.9. The summed E-state index contributed by atoms with van der Waals surface area (Å²) in [5.41, 5.74) is 2.79. The van der Waals surface area contributed by atoms with Crippen molar-refractivity contribution >= 4 is 64.6 Å². The van der Waals surface area contributed by atoms with E-state index in [4.69, 9.17) is 11.6 Å². The normalized spacial score (nSPS) is 21.8. The minimum absolute atomic E-state index is 0.0112. The number of hydrogen-bond acceptors (Lipinski definition) is 10. The minimum Gasteiger partial charge on any atom is -0.355 e. The Morgan fingerprint density at radius 2 is 1.65 bits per heavy atom. The van der Waals surface area contributed by atoms with Crippen LogP contribution in [0.15, 0.2) is 48.8 Å². The summed E-state index contributed by atoms with van der Waals surface area (Å²) in [5, 5.41) is 8.69. The quantitative estimate of drug-likeness (QED) is 0.115. The van der Waals surface area contributed by atoms with Gasteiger partial charge in [0.05, 0.1) is 29.1 Å². The number of amides is 7. The summed E-state index contributed by atoms with van der Waals surface area (Å²) >= 11 is 6.20. The van der Waals surface area contributed by atoms with Gasteiger partial charge in [-0.25, -0.2) is 9.97 Å². The lowest BCUT2D eigenvalue weighted by molar-refractivity contribution is -0.136. The van der Waals surface area contributed by atoms with E-state index < -0.39 is 35.6 Å². The van der Waals surface area contributed by atoms with Crippen molar-refractivity contribution in [3.8, 4) is 11.8 Å². The van der Waals surface area contributed by atoms with E-state index in [1.54, 1.807) is 30.3 Å². The lowest BCUT2D eigenvalue weighted by Gasteiger charge is -2.38. The van der Waals surface area contributed by atoms with Gasteiger partial charge in [0.2, 0.25) is 29.5 Å². The molecule has 7 amide bonds. The second kappa shape index (κ2) is 18.5. The average Bonchev–Trinajstić information content (AvgIpc) is 4.02. The van der Waals surface area contributed by atoms with Gasteiger partial charge in [0.15, 0.2) is 0 Å². The average molecular weight is 861 g/mol. The van der Waals surface area contributed by atoms with Gasteiger partial charge in [0.1, 0.15) is 24.0 Å². The van der Waals surface area contributed by atoms with E-state index in [0.717, 1.165) is 66.8 Å². The molecule has 2 saturated heterocycles. The summed E-state index contributed by atoms with van der Waals surface area (Å²) in [7, 11) is 0. The van der Waals surface area contributed by atoms with Crippen molar-refractivity contribution in [3.63, 3.8) is 0 Å². The zero-order chi connectivity index (χ0) is 43.5.